The van der Waals surface area contributed by atoms with Crippen LogP contribution in [0, 0.1) is 27.7 Å². The van der Waals surface area contributed by atoms with Gasteiger partial charge in [0, 0.05) is 55.7 Å². The van der Waals surface area contributed by atoms with Gasteiger partial charge in [-0.2, -0.15) is 5.10 Å². The molecular formula is C23H35N5O2. The van der Waals surface area contributed by atoms with E-state index in [9.17, 15) is 4.79 Å². The van der Waals surface area contributed by atoms with Crippen LogP contribution >= 0.6 is 0 Å². The van der Waals surface area contributed by atoms with Crippen LogP contribution in [0.25, 0.3) is 0 Å². The number of hydrogen-bond donors (Lipinski definition) is 0. The minimum Gasteiger partial charge on any atom is -0.496 e. The lowest BCUT2D eigenvalue weighted by Gasteiger charge is -2.37. The fourth-order valence-electron chi connectivity index (χ4n) is 4.52. The Labute approximate surface area is 180 Å². The summed E-state index contributed by atoms with van der Waals surface area (Å²) in [5.41, 5.74) is 5.21. The summed E-state index contributed by atoms with van der Waals surface area (Å²) in [6.07, 6.45) is 3.82. The zero-order valence-corrected chi connectivity index (χ0v) is 19.4. The van der Waals surface area contributed by atoms with E-state index in [0.717, 1.165) is 66.4 Å². The molecule has 2 aromatic rings. The predicted octanol–water partition coefficient (Wildman–Crippen LogP) is 3.20. The van der Waals surface area contributed by atoms with Crippen LogP contribution in [0.1, 0.15) is 54.0 Å². The molecule has 0 N–H and O–H groups in total. The SMILES string of the molecule is COc1c(C)cnc(CN2CCC(N(C)C(=O)C(C)n3nc(C)cc3C)CC2)c1C. The van der Waals surface area contributed by atoms with Crippen LogP contribution in [-0.4, -0.2) is 63.8 Å². The summed E-state index contributed by atoms with van der Waals surface area (Å²) in [5.74, 6) is 1.05. The van der Waals surface area contributed by atoms with Crippen molar-refractivity contribution in [2.45, 2.75) is 66.1 Å². The normalized spacial score (nSPS) is 16.5. The van der Waals surface area contributed by atoms with Crippen molar-refractivity contribution in [2.24, 2.45) is 0 Å². The largest absolute Gasteiger partial charge is 0.496 e. The molecule has 3 heterocycles. The number of ether oxygens (including phenoxy) is 1. The van der Waals surface area contributed by atoms with E-state index in [0.29, 0.717) is 0 Å². The van der Waals surface area contributed by atoms with Gasteiger partial charge in [0.1, 0.15) is 11.8 Å². The van der Waals surface area contributed by atoms with Gasteiger partial charge in [0.15, 0.2) is 0 Å². The number of nitrogens with zero attached hydrogens (tertiary/aromatic N) is 5. The van der Waals surface area contributed by atoms with Gasteiger partial charge in [0.25, 0.3) is 0 Å². The summed E-state index contributed by atoms with van der Waals surface area (Å²) in [6.45, 7) is 12.7. The van der Waals surface area contributed by atoms with Crippen molar-refractivity contribution in [3.05, 3.63) is 40.5 Å². The quantitative estimate of drug-likeness (QED) is 0.728. The zero-order chi connectivity index (χ0) is 22.0. The second-order valence-corrected chi connectivity index (χ2v) is 8.55. The molecule has 30 heavy (non-hydrogen) atoms. The average Bonchev–Trinajstić information content (AvgIpc) is 3.07. The second kappa shape index (κ2) is 9.16. The Kier molecular flexibility index (Phi) is 6.81. The lowest BCUT2D eigenvalue weighted by molar-refractivity contribution is -0.136. The zero-order valence-electron chi connectivity index (χ0n) is 19.4. The molecule has 1 unspecified atom stereocenters. The van der Waals surface area contributed by atoms with Crippen LogP contribution in [0.4, 0.5) is 0 Å². The summed E-state index contributed by atoms with van der Waals surface area (Å²) in [7, 11) is 3.64. The van der Waals surface area contributed by atoms with Gasteiger partial charge in [-0.3, -0.25) is 19.4 Å². The molecule has 1 atom stereocenters. The van der Waals surface area contributed by atoms with Crippen LogP contribution in [0.3, 0.4) is 0 Å². The standard InChI is InChI=1S/C23H35N5O2/c1-15-13-24-21(18(4)22(15)30-7)14-27-10-8-20(9-11-27)26(6)23(29)19(5)28-17(3)12-16(2)25-28/h12-13,19-20H,8-11,14H2,1-7H3. The van der Waals surface area contributed by atoms with Crippen molar-refractivity contribution in [3.63, 3.8) is 0 Å². The number of likely N-dealkylation sites (tertiary alicyclic amines) is 1. The van der Waals surface area contributed by atoms with Gasteiger partial charge in [0.05, 0.1) is 18.5 Å². The van der Waals surface area contributed by atoms with E-state index in [1.54, 1.807) is 7.11 Å². The highest BCUT2D eigenvalue weighted by molar-refractivity contribution is 5.80. The Morgan fingerprint density at radius 3 is 2.50 bits per heavy atom. The minimum absolute atomic E-state index is 0.125. The first-order valence-corrected chi connectivity index (χ1v) is 10.7. The van der Waals surface area contributed by atoms with Crippen LogP contribution in [-0.2, 0) is 11.3 Å². The van der Waals surface area contributed by atoms with Crippen molar-refractivity contribution in [2.75, 3.05) is 27.2 Å². The van der Waals surface area contributed by atoms with Crippen molar-refractivity contribution >= 4 is 5.91 Å². The summed E-state index contributed by atoms with van der Waals surface area (Å²) in [5, 5.41) is 4.49. The van der Waals surface area contributed by atoms with Crippen LogP contribution < -0.4 is 4.74 Å². The molecule has 0 aliphatic carbocycles. The highest BCUT2D eigenvalue weighted by Gasteiger charge is 2.29. The number of carbonyl (C=O) groups excluding carboxylic acids is 1. The number of amides is 1. The number of likely N-dealkylation sites (N-methyl/N-ethyl adjacent to an activating group) is 1. The first kappa shape index (κ1) is 22.3. The van der Waals surface area contributed by atoms with E-state index < -0.39 is 0 Å². The fraction of sp³-hybridized carbons (Fsp3) is 0.609. The average molecular weight is 414 g/mol. The summed E-state index contributed by atoms with van der Waals surface area (Å²) in [6, 6.07) is 1.99. The Balaban J connectivity index is 1.59. The Morgan fingerprint density at radius 1 is 1.27 bits per heavy atom. The third-order valence-corrected chi connectivity index (χ3v) is 6.34. The molecule has 7 nitrogen and oxygen atoms in total. The molecule has 1 aliphatic rings. The van der Waals surface area contributed by atoms with Gasteiger partial charge in [-0.25, -0.2) is 0 Å². The molecule has 1 saturated heterocycles. The van der Waals surface area contributed by atoms with Gasteiger partial charge < -0.3 is 9.64 Å². The first-order chi connectivity index (χ1) is 14.2. The minimum atomic E-state index is -0.284. The maximum atomic E-state index is 13.1. The molecule has 2 aromatic heterocycles. The Hall–Kier alpha value is -2.41. The van der Waals surface area contributed by atoms with Crippen LogP contribution in [0.15, 0.2) is 12.3 Å². The molecule has 0 radical (unpaired) electrons. The van der Waals surface area contributed by atoms with Gasteiger partial charge >= 0.3 is 0 Å². The number of aromatic nitrogens is 3. The van der Waals surface area contributed by atoms with E-state index in [4.69, 9.17) is 4.74 Å². The third-order valence-electron chi connectivity index (χ3n) is 6.34. The van der Waals surface area contributed by atoms with E-state index in [-0.39, 0.29) is 18.0 Å². The van der Waals surface area contributed by atoms with Gasteiger partial charge in [-0.05, 0) is 53.5 Å². The maximum absolute atomic E-state index is 13.1. The van der Waals surface area contributed by atoms with Crippen molar-refractivity contribution in [1.29, 1.82) is 0 Å². The predicted molar refractivity (Wildman–Crippen MR) is 118 cm³/mol. The number of rotatable bonds is 6. The molecule has 0 aromatic carbocycles. The number of pyridine rings is 1. The van der Waals surface area contributed by atoms with E-state index >= 15 is 0 Å². The number of piperidine rings is 1. The topological polar surface area (TPSA) is 63.5 Å². The highest BCUT2D eigenvalue weighted by Crippen LogP contribution is 2.26. The lowest BCUT2D eigenvalue weighted by atomic mass is 10.0. The molecule has 3 rings (SSSR count). The van der Waals surface area contributed by atoms with E-state index in [2.05, 4.69) is 21.9 Å². The molecule has 1 aliphatic heterocycles. The number of hydrogen-bond acceptors (Lipinski definition) is 5. The van der Waals surface area contributed by atoms with Crippen molar-refractivity contribution in [3.8, 4) is 5.75 Å². The molecule has 1 amide bonds. The summed E-state index contributed by atoms with van der Waals surface area (Å²) < 4.78 is 7.38. The number of methoxy groups -OCH3 is 1. The van der Waals surface area contributed by atoms with Crippen LogP contribution in [0.5, 0.6) is 5.75 Å². The van der Waals surface area contributed by atoms with Crippen LogP contribution in [0.2, 0.25) is 0 Å². The van der Waals surface area contributed by atoms with Gasteiger partial charge in [-0.1, -0.05) is 0 Å². The third kappa shape index (κ3) is 4.51. The van der Waals surface area contributed by atoms with Crippen molar-refractivity contribution < 1.29 is 9.53 Å². The van der Waals surface area contributed by atoms with Gasteiger partial charge in [-0.15, -0.1) is 0 Å². The second-order valence-electron chi connectivity index (χ2n) is 8.55. The molecule has 164 valence electrons. The smallest absolute Gasteiger partial charge is 0.247 e. The maximum Gasteiger partial charge on any atom is 0.247 e. The summed E-state index contributed by atoms with van der Waals surface area (Å²) in [4.78, 5) is 22.0. The molecule has 1 fully saturated rings. The Morgan fingerprint density at radius 2 is 1.93 bits per heavy atom. The molecule has 0 spiro atoms. The van der Waals surface area contributed by atoms with Crippen molar-refractivity contribution in [1.82, 2.24) is 24.6 Å². The molecule has 0 saturated carbocycles. The van der Waals surface area contributed by atoms with E-state index in [1.807, 2.05) is 56.6 Å². The van der Waals surface area contributed by atoms with E-state index in [1.165, 1.54) is 0 Å². The highest BCUT2D eigenvalue weighted by atomic mass is 16.5. The number of aryl methyl sites for hydroxylation is 3. The monoisotopic (exact) mass is 413 g/mol. The summed E-state index contributed by atoms with van der Waals surface area (Å²) >= 11 is 0. The number of carbonyl (C=O) groups is 1. The molecule has 0 bridgehead atoms. The lowest BCUT2D eigenvalue weighted by Crippen LogP contribution is -2.47. The molecular weight excluding hydrogens is 378 g/mol. The van der Waals surface area contributed by atoms with Gasteiger partial charge in [0.2, 0.25) is 5.91 Å². The Bertz CT molecular complexity index is 899. The first-order valence-electron chi connectivity index (χ1n) is 10.7. The molecule has 7 heteroatoms. The fourth-order valence-corrected chi connectivity index (χ4v) is 4.52.